The van der Waals surface area contributed by atoms with E-state index in [0.29, 0.717) is 5.75 Å². The number of benzene rings is 1. The third kappa shape index (κ3) is 3.17. The lowest BCUT2D eigenvalue weighted by Gasteiger charge is -2.21. The highest BCUT2D eigenvalue weighted by Crippen LogP contribution is 2.28. The lowest BCUT2D eigenvalue weighted by molar-refractivity contribution is 0.339. The van der Waals surface area contributed by atoms with Crippen LogP contribution in [-0.4, -0.2) is 28.2 Å². The Morgan fingerprint density at radius 3 is 2.82 bits per heavy atom. The number of rotatable bonds is 2. The molecule has 3 heteroatoms. The van der Waals surface area contributed by atoms with Gasteiger partial charge < -0.3 is 5.11 Å². The number of nitrogens with zero attached hydrogens (tertiary/aromatic N) is 1. The van der Waals surface area contributed by atoms with Crippen molar-refractivity contribution < 1.29 is 5.11 Å². The van der Waals surface area contributed by atoms with Gasteiger partial charge in [-0.3, -0.25) is 4.90 Å². The monoisotopic (exact) mass is 250 g/mol. The molecule has 1 aromatic carbocycles. The van der Waals surface area contributed by atoms with Gasteiger partial charge in [-0.2, -0.15) is 0 Å². The maximum atomic E-state index is 9.87. The van der Waals surface area contributed by atoms with E-state index in [-0.39, 0.29) is 5.41 Å². The van der Waals surface area contributed by atoms with Crippen LogP contribution in [0.5, 0.6) is 5.75 Å². The van der Waals surface area contributed by atoms with Crippen LogP contribution in [0.1, 0.15) is 31.9 Å². The second-order valence-corrected chi connectivity index (χ2v) is 6.68. The zero-order valence-electron chi connectivity index (χ0n) is 10.8. The molecule has 1 fully saturated rings. The van der Waals surface area contributed by atoms with Crippen molar-refractivity contribution in [2.24, 2.45) is 0 Å². The first-order valence-corrected chi connectivity index (χ1v) is 7.16. The first kappa shape index (κ1) is 12.8. The van der Waals surface area contributed by atoms with Gasteiger partial charge in [-0.1, -0.05) is 26.8 Å². The molecule has 0 aromatic heterocycles. The lowest BCUT2D eigenvalue weighted by atomic mass is 9.86. The van der Waals surface area contributed by atoms with Gasteiger partial charge in [-0.05, 0) is 17.0 Å². The van der Waals surface area contributed by atoms with E-state index in [9.17, 15) is 5.11 Å². The van der Waals surface area contributed by atoms with E-state index in [1.807, 2.05) is 17.8 Å². The largest absolute Gasteiger partial charge is 0.507 e. The van der Waals surface area contributed by atoms with E-state index in [1.165, 1.54) is 11.3 Å². The molecule has 0 aliphatic carbocycles. The molecule has 1 radical (unpaired) electrons. The average molecular weight is 250 g/mol. The minimum absolute atomic E-state index is 0.110. The third-order valence-electron chi connectivity index (χ3n) is 3.08. The minimum atomic E-state index is 0.110. The van der Waals surface area contributed by atoms with Gasteiger partial charge in [0.05, 0.1) is 0 Å². The Labute approximate surface area is 108 Å². The summed E-state index contributed by atoms with van der Waals surface area (Å²) in [7, 11) is 0. The van der Waals surface area contributed by atoms with Crippen molar-refractivity contribution in [1.82, 2.24) is 4.90 Å². The quantitative estimate of drug-likeness (QED) is 0.873. The highest BCUT2D eigenvalue weighted by atomic mass is 32.2. The predicted molar refractivity (Wildman–Crippen MR) is 73.4 cm³/mol. The summed E-state index contributed by atoms with van der Waals surface area (Å²) < 4.78 is 0. The summed E-state index contributed by atoms with van der Waals surface area (Å²) in [5.74, 6) is 2.57. The van der Waals surface area contributed by atoms with Crippen molar-refractivity contribution >= 4 is 11.8 Å². The molecule has 0 amide bonds. The van der Waals surface area contributed by atoms with Crippen LogP contribution in [0.3, 0.4) is 0 Å². The van der Waals surface area contributed by atoms with Crippen LogP contribution in [-0.2, 0) is 12.0 Å². The van der Waals surface area contributed by atoms with Crippen molar-refractivity contribution in [3.63, 3.8) is 0 Å². The van der Waals surface area contributed by atoms with Crippen LogP contribution in [0.4, 0.5) is 0 Å². The third-order valence-corrected chi connectivity index (χ3v) is 4.10. The summed E-state index contributed by atoms with van der Waals surface area (Å²) in [4.78, 5) is 2.36. The molecule has 2 rings (SSSR count). The fourth-order valence-corrected chi connectivity index (χ4v) is 2.90. The molecule has 0 unspecified atom stereocenters. The molecule has 0 saturated carbocycles. The molecule has 1 heterocycles. The maximum Gasteiger partial charge on any atom is 0.128 e. The van der Waals surface area contributed by atoms with E-state index in [4.69, 9.17) is 0 Å². The molecule has 1 aliphatic rings. The smallest absolute Gasteiger partial charge is 0.128 e. The van der Waals surface area contributed by atoms with Crippen LogP contribution in [0, 0.1) is 6.07 Å². The molecule has 0 atom stereocenters. The molecule has 93 valence electrons. The normalized spacial score (nSPS) is 17.6. The fourth-order valence-electron chi connectivity index (χ4n) is 1.91. The Hall–Kier alpha value is -0.670. The average Bonchev–Trinajstić information content (AvgIpc) is 2.72. The Bertz CT molecular complexity index is 392. The van der Waals surface area contributed by atoms with Gasteiger partial charge in [-0.15, -0.1) is 11.8 Å². The van der Waals surface area contributed by atoms with Gasteiger partial charge >= 0.3 is 0 Å². The van der Waals surface area contributed by atoms with E-state index in [2.05, 4.69) is 37.8 Å². The lowest BCUT2D eigenvalue weighted by Crippen LogP contribution is -2.19. The summed E-state index contributed by atoms with van der Waals surface area (Å²) in [5, 5.41) is 9.87. The zero-order valence-corrected chi connectivity index (χ0v) is 11.6. The SMILES string of the molecule is CC(C)(C)c1c[c]c(O)c(CN2CCSC2)c1. The molecule has 1 aromatic rings. The second kappa shape index (κ2) is 4.91. The van der Waals surface area contributed by atoms with E-state index < -0.39 is 0 Å². The van der Waals surface area contributed by atoms with Crippen LogP contribution in [0.15, 0.2) is 12.1 Å². The van der Waals surface area contributed by atoms with Crippen molar-refractivity contribution in [3.05, 3.63) is 29.3 Å². The van der Waals surface area contributed by atoms with Crippen LogP contribution >= 0.6 is 11.8 Å². The number of hydrogen-bond donors (Lipinski definition) is 1. The molecule has 2 nitrogen and oxygen atoms in total. The van der Waals surface area contributed by atoms with Crippen molar-refractivity contribution in [3.8, 4) is 5.75 Å². The second-order valence-electron chi connectivity index (χ2n) is 5.60. The molecule has 1 saturated heterocycles. The molecular weight excluding hydrogens is 230 g/mol. The van der Waals surface area contributed by atoms with Gasteiger partial charge in [0.15, 0.2) is 0 Å². The van der Waals surface area contributed by atoms with E-state index >= 15 is 0 Å². The highest BCUT2D eigenvalue weighted by molar-refractivity contribution is 7.99. The first-order chi connectivity index (χ1) is 7.97. The van der Waals surface area contributed by atoms with Crippen molar-refractivity contribution in [2.75, 3.05) is 18.2 Å². The zero-order chi connectivity index (χ0) is 12.5. The summed E-state index contributed by atoms with van der Waals surface area (Å²) in [5.41, 5.74) is 2.34. The van der Waals surface area contributed by atoms with E-state index in [0.717, 1.165) is 24.5 Å². The van der Waals surface area contributed by atoms with Crippen LogP contribution in [0.25, 0.3) is 0 Å². The molecule has 0 spiro atoms. The van der Waals surface area contributed by atoms with Gasteiger partial charge in [0.1, 0.15) is 5.75 Å². The molecule has 0 bridgehead atoms. The van der Waals surface area contributed by atoms with Crippen LogP contribution < -0.4 is 0 Å². The Kier molecular flexibility index (Phi) is 3.69. The van der Waals surface area contributed by atoms with Gasteiger partial charge in [0.25, 0.3) is 0 Å². The fraction of sp³-hybridized carbons (Fsp3) is 0.571. The summed E-state index contributed by atoms with van der Waals surface area (Å²) in [6.07, 6.45) is 0. The predicted octanol–water partition coefficient (Wildman–Crippen LogP) is 3.00. The Balaban J connectivity index is 2.20. The van der Waals surface area contributed by atoms with Crippen molar-refractivity contribution in [1.29, 1.82) is 0 Å². The molecule has 17 heavy (non-hydrogen) atoms. The molecule has 1 aliphatic heterocycles. The summed E-state index contributed by atoms with van der Waals surface area (Å²) in [6, 6.07) is 6.99. The number of phenols is 1. The van der Waals surface area contributed by atoms with Crippen LogP contribution in [0.2, 0.25) is 0 Å². The number of thioether (sulfide) groups is 1. The van der Waals surface area contributed by atoms with Crippen molar-refractivity contribution in [2.45, 2.75) is 32.7 Å². The standard InChI is InChI=1S/C14H20NOS/c1-14(2,3)12-4-5-13(16)11(8-12)9-15-6-7-17-10-15/h4,8,16H,6-7,9-10H2,1-3H3. The Morgan fingerprint density at radius 2 is 2.24 bits per heavy atom. The molecular formula is C14H20NOS. The summed E-state index contributed by atoms with van der Waals surface area (Å²) >= 11 is 1.95. The number of phenolic OH excluding ortho intramolecular Hbond substituents is 1. The number of aromatic hydroxyl groups is 1. The Morgan fingerprint density at radius 1 is 1.47 bits per heavy atom. The summed E-state index contributed by atoms with van der Waals surface area (Å²) in [6.45, 7) is 8.50. The van der Waals surface area contributed by atoms with Gasteiger partial charge in [-0.25, -0.2) is 0 Å². The van der Waals surface area contributed by atoms with Gasteiger partial charge in [0, 0.05) is 36.3 Å². The topological polar surface area (TPSA) is 23.5 Å². The minimum Gasteiger partial charge on any atom is -0.507 e. The van der Waals surface area contributed by atoms with Gasteiger partial charge in [0.2, 0.25) is 0 Å². The number of hydrogen-bond acceptors (Lipinski definition) is 3. The maximum absolute atomic E-state index is 9.87. The van der Waals surface area contributed by atoms with E-state index in [1.54, 1.807) is 0 Å². The highest BCUT2D eigenvalue weighted by Gasteiger charge is 2.18. The molecule has 1 N–H and O–H groups in total. The first-order valence-electron chi connectivity index (χ1n) is 6.01.